The Morgan fingerprint density at radius 1 is 1.67 bits per heavy atom. The summed E-state index contributed by atoms with van der Waals surface area (Å²) in [5, 5.41) is 2.95. The first kappa shape index (κ1) is 13.0. The smallest absolute Gasteiger partial charge is 0.271 e. The van der Waals surface area contributed by atoms with Crippen molar-refractivity contribution >= 4 is 5.91 Å². The van der Waals surface area contributed by atoms with Gasteiger partial charge in [-0.2, -0.15) is 0 Å². The van der Waals surface area contributed by atoms with Gasteiger partial charge < -0.3 is 20.4 Å². The van der Waals surface area contributed by atoms with Crippen LogP contribution in [-0.4, -0.2) is 40.8 Å². The third-order valence-electron chi connectivity index (χ3n) is 3.09. The lowest BCUT2D eigenvalue weighted by Gasteiger charge is -2.35. The molecule has 1 heterocycles. The summed E-state index contributed by atoms with van der Waals surface area (Å²) in [7, 11) is 0. The number of aromatic nitrogens is 2. The molecule has 0 aromatic carbocycles. The first-order chi connectivity index (χ1) is 8.72. The minimum absolute atomic E-state index is 0.120. The zero-order chi connectivity index (χ0) is 13.0. The quantitative estimate of drug-likeness (QED) is 0.754. The van der Waals surface area contributed by atoms with Crippen LogP contribution in [0.15, 0.2) is 12.5 Å². The highest BCUT2D eigenvalue weighted by molar-refractivity contribution is 5.92. The molecule has 6 nitrogen and oxygen atoms in total. The Balaban J connectivity index is 1.78. The Morgan fingerprint density at radius 3 is 3.11 bits per heavy atom. The van der Waals surface area contributed by atoms with Gasteiger partial charge in [0.1, 0.15) is 5.69 Å². The molecule has 3 N–H and O–H groups in total. The van der Waals surface area contributed by atoms with Gasteiger partial charge in [-0.05, 0) is 19.8 Å². The molecule has 0 bridgehead atoms. The number of rotatable bonds is 6. The summed E-state index contributed by atoms with van der Waals surface area (Å²) in [6.45, 7) is 3.93. The average molecular weight is 252 g/mol. The fourth-order valence-electron chi connectivity index (χ4n) is 2.06. The summed E-state index contributed by atoms with van der Waals surface area (Å²) in [4.78, 5) is 15.9. The predicted molar refractivity (Wildman–Crippen MR) is 67.2 cm³/mol. The van der Waals surface area contributed by atoms with Crippen molar-refractivity contribution in [3.63, 3.8) is 0 Å². The standard InChI is InChI=1S/C12H20N4O2/c1-2-18-10-5-9(6-10)15-12(17)11-7-16(4-3-13)8-14-11/h7-10H,2-6,13H2,1H3,(H,15,17). The highest BCUT2D eigenvalue weighted by Gasteiger charge is 2.31. The van der Waals surface area contributed by atoms with Crippen LogP contribution < -0.4 is 11.1 Å². The van der Waals surface area contributed by atoms with Crippen molar-refractivity contribution < 1.29 is 9.53 Å². The summed E-state index contributed by atoms with van der Waals surface area (Å²) in [6.07, 6.45) is 5.44. The Morgan fingerprint density at radius 2 is 2.44 bits per heavy atom. The van der Waals surface area contributed by atoms with Gasteiger partial charge in [-0.3, -0.25) is 4.79 Å². The number of hydrogen-bond donors (Lipinski definition) is 2. The van der Waals surface area contributed by atoms with Crippen molar-refractivity contribution in [2.45, 2.75) is 38.5 Å². The molecule has 1 aromatic heterocycles. The molecular formula is C12H20N4O2. The molecule has 1 aromatic rings. The van der Waals surface area contributed by atoms with Gasteiger partial charge in [0.05, 0.1) is 12.4 Å². The maximum absolute atomic E-state index is 11.9. The van der Waals surface area contributed by atoms with E-state index in [2.05, 4.69) is 10.3 Å². The van der Waals surface area contributed by atoms with Crippen molar-refractivity contribution in [2.75, 3.05) is 13.2 Å². The maximum atomic E-state index is 11.9. The van der Waals surface area contributed by atoms with Gasteiger partial charge in [0, 0.05) is 31.9 Å². The van der Waals surface area contributed by atoms with E-state index in [4.69, 9.17) is 10.5 Å². The first-order valence-corrected chi connectivity index (χ1v) is 6.37. The number of hydrogen-bond acceptors (Lipinski definition) is 4. The Bertz CT molecular complexity index is 399. The number of carbonyl (C=O) groups is 1. The highest BCUT2D eigenvalue weighted by atomic mass is 16.5. The van der Waals surface area contributed by atoms with E-state index >= 15 is 0 Å². The fraction of sp³-hybridized carbons (Fsp3) is 0.667. The van der Waals surface area contributed by atoms with Crippen LogP contribution in [0.5, 0.6) is 0 Å². The average Bonchev–Trinajstić information content (AvgIpc) is 2.75. The van der Waals surface area contributed by atoms with Gasteiger partial charge in [-0.1, -0.05) is 0 Å². The van der Waals surface area contributed by atoms with Gasteiger partial charge >= 0.3 is 0 Å². The van der Waals surface area contributed by atoms with E-state index in [-0.39, 0.29) is 11.9 Å². The summed E-state index contributed by atoms with van der Waals surface area (Å²) in [5.74, 6) is -0.120. The second kappa shape index (κ2) is 5.97. The van der Waals surface area contributed by atoms with Gasteiger partial charge in [-0.15, -0.1) is 0 Å². The monoisotopic (exact) mass is 252 g/mol. The third-order valence-corrected chi connectivity index (χ3v) is 3.09. The van der Waals surface area contributed by atoms with Crippen LogP contribution in [0.3, 0.4) is 0 Å². The lowest BCUT2D eigenvalue weighted by Crippen LogP contribution is -2.47. The minimum atomic E-state index is -0.120. The van der Waals surface area contributed by atoms with Crippen LogP contribution in [0.1, 0.15) is 30.3 Å². The topological polar surface area (TPSA) is 82.2 Å². The van der Waals surface area contributed by atoms with Crippen molar-refractivity contribution in [1.29, 1.82) is 0 Å². The second-order valence-electron chi connectivity index (χ2n) is 4.50. The highest BCUT2D eigenvalue weighted by Crippen LogP contribution is 2.23. The molecule has 0 radical (unpaired) electrons. The molecule has 1 fully saturated rings. The van der Waals surface area contributed by atoms with E-state index in [1.165, 1.54) is 0 Å². The number of carbonyl (C=O) groups excluding carboxylic acids is 1. The van der Waals surface area contributed by atoms with Crippen LogP contribution in [0, 0.1) is 0 Å². The summed E-state index contributed by atoms with van der Waals surface area (Å²) in [6, 6.07) is 0.216. The van der Waals surface area contributed by atoms with E-state index in [0.29, 0.717) is 24.9 Å². The molecule has 0 spiro atoms. The molecule has 1 saturated carbocycles. The summed E-state index contributed by atoms with van der Waals surface area (Å²) >= 11 is 0. The lowest BCUT2D eigenvalue weighted by atomic mass is 9.89. The van der Waals surface area contributed by atoms with Crippen molar-refractivity contribution in [3.05, 3.63) is 18.2 Å². The number of nitrogens with one attached hydrogen (secondary N) is 1. The summed E-state index contributed by atoms with van der Waals surface area (Å²) < 4.78 is 7.26. The normalized spacial score (nSPS) is 22.6. The number of imidazole rings is 1. The SMILES string of the molecule is CCOC1CC(NC(=O)c2cn(CCN)cn2)C1. The second-order valence-corrected chi connectivity index (χ2v) is 4.50. The van der Waals surface area contributed by atoms with E-state index in [1.54, 1.807) is 12.5 Å². The lowest BCUT2D eigenvalue weighted by molar-refractivity contribution is -0.00866. The Hall–Kier alpha value is -1.40. The van der Waals surface area contributed by atoms with Crippen LogP contribution in [0.4, 0.5) is 0 Å². The Kier molecular flexibility index (Phi) is 4.33. The minimum Gasteiger partial charge on any atom is -0.378 e. The first-order valence-electron chi connectivity index (χ1n) is 6.37. The molecule has 1 aliphatic carbocycles. The van der Waals surface area contributed by atoms with Crippen LogP contribution in [0.25, 0.3) is 0 Å². The predicted octanol–water partition coefficient (Wildman–Crippen LogP) is 0.139. The molecule has 2 rings (SSSR count). The molecule has 18 heavy (non-hydrogen) atoms. The number of amides is 1. The molecule has 1 aliphatic rings. The van der Waals surface area contributed by atoms with Crippen LogP contribution in [-0.2, 0) is 11.3 Å². The third kappa shape index (κ3) is 3.08. The zero-order valence-electron chi connectivity index (χ0n) is 10.6. The van der Waals surface area contributed by atoms with E-state index in [1.807, 2.05) is 11.5 Å². The number of nitrogens with zero attached hydrogens (tertiary/aromatic N) is 2. The number of nitrogens with two attached hydrogens (primary N) is 1. The van der Waals surface area contributed by atoms with Crippen LogP contribution in [0.2, 0.25) is 0 Å². The zero-order valence-corrected chi connectivity index (χ0v) is 10.6. The van der Waals surface area contributed by atoms with Gasteiger partial charge in [0.25, 0.3) is 5.91 Å². The van der Waals surface area contributed by atoms with Gasteiger partial charge in [-0.25, -0.2) is 4.98 Å². The molecule has 6 heteroatoms. The molecule has 100 valence electrons. The van der Waals surface area contributed by atoms with E-state index < -0.39 is 0 Å². The van der Waals surface area contributed by atoms with Crippen LogP contribution >= 0.6 is 0 Å². The molecule has 0 saturated heterocycles. The summed E-state index contributed by atoms with van der Waals surface area (Å²) in [5.41, 5.74) is 5.89. The molecule has 0 unspecified atom stereocenters. The fourth-order valence-corrected chi connectivity index (χ4v) is 2.06. The molecular weight excluding hydrogens is 232 g/mol. The maximum Gasteiger partial charge on any atom is 0.271 e. The molecule has 0 atom stereocenters. The Labute approximate surface area is 107 Å². The molecule has 1 amide bonds. The largest absolute Gasteiger partial charge is 0.378 e. The number of ether oxygens (including phenoxy) is 1. The van der Waals surface area contributed by atoms with Gasteiger partial charge in [0.15, 0.2) is 0 Å². The van der Waals surface area contributed by atoms with Gasteiger partial charge in [0.2, 0.25) is 0 Å². The molecule has 0 aliphatic heterocycles. The van der Waals surface area contributed by atoms with Crippen molar-refractivity contribution in [2.24, 2.45) is 5.73 Å². The van der Waals surface area contributed by atoms with E-state index in [0.717, 1.165) is 19.4 Å². The van der Waals surface area contributed by atoms with E-state index in [9.17, 15) is 4.79 Å². The van der Waals surface area contributed by atoms with Crippen molar-refractivity contribution in [1.82, 2.24) is 14.9 Å². The van der Waals surface area contributed by atoms with Crippen molar-refractivity contribution in [3.8, 4) is 0 Å².